The van der Waals surface area contributed by atoms with Crippen molar-refractivity contribution in [3.8, 4) is 0 Å². The predicted octanol–water partition coefficient (Wildman–Crippen LogP) is 2.21. The molecule has 3 N–H and O–H groups in total. The van der Waals surface area contributed by atoms with Crippen molar-refractivity contribution in [2.24, 2.45) is 5.73 Å². The molecule has 1 aromatic rings. The van der Waals surface area contributed by atoms with E-state index < -0.39 is 0 Å². The zero-order chi connectivity index (χ0) is 8.97. The van der Waals surface area contributed by atoms with Gasteiger partial charge in [-0.25, -0.2) is 0 Å². The van der Waals surface area contributed by atoms with Gasteiger partial charge in [-0.15, -0.1) is 0 Å². The van der Waals surface area contributed by atoms with E-state index in [1.54, 1.807) is 0 Å². The Balaban J connectivity index is 2.48. The van der Waals surface area contributed by atoms with Crippen LogP contribution in [0.4, 0.5) is 5.69 Å². The summed E-state index contributed by atoms with van der Waals surface area (Å²) in [4.78, 5) is 0. The van der Waals surface area contributed by atoms with Crippen molar-refractivity contribution in [3.63, 3.8) is 0 Å². The topological polar surface area (TPSA) is 38.0 Å². The minimum atomic E-state index is 0.189. The molecular weight excluding hydrogens is 216 g/mol. The van der Waals surface area contributed by atoms with Gasteiger partial charge in [-0.1, -0.05) is 15.9 Å². The van der Waals surface area contributed by atoms with Gasteiger partial charge in [0, 0.05) is 22.7 Å². The largest absolute Gasteiger partial charge is 0.383 e. The number of nitrogens with one attached hydrogen (secondary N) is 1. The van der Waals surface area contributed by atoms with Gasteiger partial charge in [-0.05, 0) is 31.2 Å². The lowest BCUT2D eigenvalue weighted by atomic mass is 10.3. The minimum Gasteiger partial charge on any atom is -0.383 e. The maximum absolute atomic E-state index is 5.60. The molecule has 0 saturated heterocycles. The second kappa shape index (κ2) is 4.48. The lowest BCUT2D eigenvalue weighted by Gasteiger charge is -2.08. The second-order valence-electron chi connectivity index (χ2n) is 2.87. The first-order valence-corrected chi connectivity index (χ1v) is 4.73. The van der Waals surface area contributed by atoms with E-state index >= 15 is 0 Å². The van der Waals surface area contributed by atoms with Gasteiger partial charge >= 0.3 is 0 Å². The van der Waals surface area contributed by atoms with E-state index in [0.29, 0.717) is 0 Å². The quantitative estimate of drug-likeness (QED) is 0.833. The Kier molecular flexibility index (Phi) is 3.56. The molecule has 0 radical (unpaired) electrons. The molecule has 2 nitrogen and oxygen atoms in total. The molecular formula is C9H13BrN2. The molecule has 12 heavy (non-hydrogen) atoms. The average molecular weight is 229 g/mol. The summed E-state index contributed by atoms with van der Waals surface area (Å²) in [5, 5.41) is 3.23. The zero-order valence-electron chi connectivity index (χ0n) is 7.05. The molecule has 0 aliphatic rings. The summed E-state index contributed by atoms with van der Waals surface area (Å²) in [6.07, 6.45) is 0. The summed E-state index contributed by atoms with van der Waals surface area (Å²) in [7, 11) is 0. The molecule has 0 aromatic heterocycles. The Bertz CT molecular complexity index is 231. The summed E-state index contributed by atoms with van der Waals surface area (Å²) in [5.41, 5.74) is 6.71. The van der Waals surface area contributed by atoms with Crippen LogP contribution in [0.5, 0.6) is 0 Å². The van der Waals surface area contributed by atoms with Crippen molar-refractivity contribution in [2.45, 2.75) is 13.0 Å². The third-order valence-electron chi connectivity index (χ3n) is 1.47. The van der Waals surface area contributed by atoms with Gasteiger partial charge in [-0.3, -0.25) is 0 Å². The number of hydrogen-bond donors (Lipinski definition) is 2. The summed E-state index contributed by atoms with van der Waals surface area (Å²) in [6.45, 7) is 2.79. The monoisotopic (exact) mass is 228 g/mol. The van der Waals surface area contributed by atoms with E-state index in [4.69, 9.17) is 5.73 Å². The maximum atomic E-state index is 5.60. The minimum absolute atomic E-state index is 0.189. The van der Waals surface area contributed by atoms with Crippen molar-refractivity contribution < 1.29 is 0 Å². The molecule has 3 heteroatoms. The average Bonchev–Trinajstić information content (AvgIpc) is 2.03. The highest BCUT2D eigenvalue weighted by Gasteiger charge is 1.93. The van der Waals surface area contributed by atoms with E-state index in [1.807, 2.05) is 31.2 Å². The van der Waals surface area contributed by atoms with Crippen LogP contribution in [-0.4, -0.2) is 12.6 Å². The van der Waals surface area contributed by atoms with Gasteiger partial charge in [0.05, 0.1) is 0 Å². The summed E-state index contributed by atoms with van der Waals surface area (Å²) in [5.74, 6) is 0. The molecule has 0 fully saturated rings. The van der Waals surface area contributed by atoms with Gasteiger partial charge in [-0.2, -0.15) is 0 Å². The van der Waals surface area contributed by atoms with E-state index in [-0.39, 0.29) is 6.04 Å². The summed E-state index contributed by atoms with van der Waals surface area (Å²) in [6, 6.07) is 8.24. The number of benzene rings is 1. The number of rotatable bonds is 3. The van der Waals surface area contributed by atoms with Crippen molar-refractivity contribution >= 4 is 21.6 Å². The fourth-order valence-corrected chi connectivity index (χ4v) is 1.11. The third-order valence-corrected chi connectivity index (χ3v) is 2.00. The van der Waals surface area contributed by atoms with Gasteiger partial charge in [0.1, 0.15) is 0 Å². The Morgan fingerprint density at radius 2 is 2.00 bits per heavy atom. The molecule has 0 spiro atoms. The molecule has 1 rings (SSSR count). The second-order valence-corrected chi connectivity index (χ2v) is 3.78. The first kappa shape index (κ1) is 9.55. The van der Waals surface area contributed by atoms with E-state index in [2.05, 4.69) is 21.2 Å². The van der Waals surface area contributed by atoms with Crippen LogP contribution in [0.1, 0.15) is 6.92 Å². The zero-order valence-corrected chi connectivity index (χ0v) is 8.64. The lowest BCUT2D eigenvalue weighted by Crippen LogP contribution is -2.25. The fraction of sp³-hybridized carbons (Fsp3) is 0.333. The number of hydrogen-bond acceptors (Lipinski definition) is 2. The van der Waals surface area contributed by atoms with Gasteiger partial charge in [0.2, 0.25) is 0 Å². The normalized spacial score (nSPS) is 12.6. The molecule has 0 bridgehead atoms. The van der Waals surface area contributed by atoms with Crippen LogP contribution in [0, 0.1) is 0 Å². The van der Waals surface area contributed by atoms with Gasteiger partial charge in [0.15, 0.2) is 0 Å². The predicted molar refractivity (Wildman–Crippen MR) is 56.3 cm³/mol. The molecule has 1 aromatic carbocycles. The molecule has 66 valence electrons. The number of nitrogens with two attached hydrogens (primary N) is 1. The molecule has 0 amide bonds. The first-order valence-electron chi connectivity index (χ1n) is 3.93. The molecule has 0 aliphatic carbocycles. The van der Waals surface area contributed by atoms with Crippen molar-refractivity contribution in [2.75, 3.05) is 11.9 Å². The Labute approximate surface area is 81.3 Å². The Morgan fingerprint density at radius 3 is 2.50 bits per heavy atom. The van der Waals surface area contributed by atoms with E-state index in [9.17, 15) is 0 Å². The van der Waals surface area contributed by atoms with Crippen molar-refractivity contribution in [3.05, 3.63) is 28.7 Å². The number of halogens is 1. The van der Waals surface area contributed by atoms with Crippen LogP contribution in [-0.2, 0) is 0 Å². The smallest absolute Gasteiger partial charge is 0.0341 e. The molecule has 0 saturated carbocycles. The van der Waals surface area contributed by atoms with Crippen molar-refractivity contribution in [1.82, 2.24) is 0 Å². The Morgan fingerprint density at radius 1 is 1.42 bits per heavy atom. The van der Waals surface area contributed by atoms with Crippen LogP contribution in [0.3, 0.4) is 0 Å². The standard InChI is InChI=1S/C9H13BrN2/c1-7(11)6-12-9-4-2-8(10)3-5-9/h2-5,7,12H,6,11H2,1H3. The lowest BCUT2D eigenvalue weighted by molar-refractivity contribution is 0.780. The van der Waals surface area contributed by atoms with Crippen LogP contribution < -0.4 is 11.1 Å². The molecule has 1 atom stereocenters. The Hall–Kier alpha value is -0.540. The van der Waals surface area contributed by atoms with Gasteiger partial charge in [0.25, 0.3) is 0 Å². The third kappa shape index (κ3) is 3.24. The van der Waals surface area contributed by atoms with Crippen LogP contribution in [0.2, 0.25) is 0 Å². The molecule has 1 unspecified atom stereocenters. The highest BCUT2D eigenvalue weighted by atomic mass is 79.9. The molecule has 0 aliphatic heterocycles. The van der Waals surface area contributed by atoms with Crippen LogP contribution >= 0.6 is 15.9 Å². The highest BCUT2D eigenvalue weighted by Crippen LogP contribution is 2.13. The summed E-state index contributed by atoms with van der Waals surface area (Å²) < 4.78 is 1.09. The molecule has 0 heterocycles. The van der Waals surface area contributed by atoms with E-state index in [0.717, 1.165) is 16.7 Å². The van der Waals surface area contributed by atoms with Crippen molar-refractivity contribution in [1.29, 1.82) is 0 Å². The SMILES string of the molecule is CC(N)CNc1ccc(Br)cc1. The van der Waals surface area contributed by atoms with Crippen LogP contribution in [0.25, 0.3) is 0 Å². The van der Waals surface area contributed by atoms with Crippen LogP contribution in [0.15, 0.2) is 28.7 Å². The fourth-order valence-electron chi connectivity index (χ4n) is 0.847. The maximum Gasteiger partial charge on any atom is 0.0341 e. The van der Waals surface area contributed by atoms with Gasteiger partial charge < -0.3 is 11.1 Å². The highest BCUT2D eigenvalue weighted by molar-refractivity contribution is 9.10. The first-order chi connectivity index (χ1) is 5.68. The number of anilines is 1. The summed E-state index contributed by atoms with van der Waals surface area (Å²) >= 11 is 3.37. The van der Waals surface area contributed by atoms with E-state index in [1.165, 1.54) is 0 Å².